The average Bonchev–Trinajstić information content (AvgIpc) is 2.12. The summed E-state index contributed by atoms with van der Waals surface area (Å²) in [5.74, 6) is -0.966. The van der Waals surface area contributed by atoms with E-state index in [0.29, 0.717) is 0 Å². The van der Waals surface area contributed by atoms with Gasteiger partial charge < -0.3 is 4.74 Å². The third kappa shape index (κ3) is 1.84. The number of nitriles is 1. The molecule has 0 radical (unpaired) electrons. The third-order valence-electron chi connectivity index (χ3n) is 1.34. The Balaban J connectivity index is 3.31. The molecule has 0 aliphatic carbocycles. The van der Waals surface area contributed by atoms with E-state index in [2.05, 4.69) is 20.7 Å². The van der Waals surface area contributed by atoms with E-state index in [-0.39, 0.29) is 22.3 Å². The van der Waals surface area contributed by atoms with Gasteiger partial charge in [0.1, 0.15) is 6.07 Å². The van der Waals surface area contributed by atoms with E-state index in [1.54, 1.807) is 0 Å². The minimum absolute atomic E-state index is 0.102. The summed E-state index contributed by atoms with van der Waals surface area (Å²) >= 11 is 2.95. The lowest BCUT2D eigenvalue weighted by atomic mass is 10.2. The molecule has 0 heterocycles. The van der Waals surface area contributed by atoms with Crippen LogP contribution >= 0.6 is 15.9 Å². The Morgan fingerprint density at radius 3 is 2.85 bits per heavy atom. The van der Waals surface area contributed by atoms with Gasteiger partial charge in [-0.15, -0.1) is 0 Å². The van der Waals surface area contributed by atoms with E-state index in [9.17, 15) is 9.18 Å². The lowest BCUT2D eigenvalue weighted by molar-refractivity contribution is -0.120. The summed E-state index contributed by atoms with van der Waals surface area (Å²) in [4.78, 5) is 9.99. The van der Waals surface area contributed by atoms with Crippen LogP contribution in [0.2, 0.25) is 0 Å². The molecule has 1 aromatic carbocycles. The van der Waals surface area contributed by atoms with Gasteiger partial charge in [0.25, 0.3) is 6.47 Å². The molecule has 0 spiro atoms. The van der Waals surface area contributed by atoms with Crippen LogP contribution in [0.1, 0.15) is 5.56 Å². The molecular formula is C8H3BrFNO2. The summed E-state index contributed by atoms with van der Waals surface area (Å²) in [6, 6.07) is 4.16. The molecule has 0 saturated carbocycles. The first kappa shape index (κ1) is 9.68. The van der Waals surface area contributed by atoms with Crippen LogP contribution in [0.25, 0.3) is 0 Å². The Morgan fingerprint density at radius 1 is 1.62 bits per heavy atom. The van der Waals surface area contributed by atoms with Gasteiger partial charge in [0.05, 0.1) is 10.0 Å². The zero-order valence-electron chi connectivity index (χ0n) is 6.25. The topological polar surface area (TPSA) is 50.1 Å². The van der Waals surface area contributed by atoms with Crippen LogP contribution in [-0.4, -0.2) is 6.47 Å². The van der Waals surface area contributed by atoms with Crippen LogP contribution in [0.5, 0.6) is 5.75 Å². The molecule has 5 heteroatoms. The number of ether oxygens (including phenoxy) is 1. The Morgan fingerprint density at radius 2 is 2.31 bits per heavy atom. The maximum Gasteiger partial charge on any atom is 0.298 e. The van der Waals surface area contributed by atoms with Crippen molar-refractivity contribution in [3.8, 4) is 11.8 Å². The highest BCUT2D eigenvalue weighted by atomic mass is 79.9. The molecular weight excluding hydrogens is 241 g/mol. The van der Waals surface area contributed by atoms with E-state index < -0.39 is 5.82 Å². The quantitative estimate of drug-likeness (QED) is 0.747. The normalized spacial score (nSPS) is 9.00. The maximum atomic E-state index is 12.9. The number of hydrogen-bond acceptors (Lipinski definition) is 3. The number of carbonyl (C=O) groups excluding carboxylic acids is 1. The van der Waals surface area contributed by atoms with Crippen molar-refractivity contribution in [1.82, 2.24) is 0 Å². The van der Waals surface area contributed by atoms with Crippen molar-refractivity contribution in [3.63, 3.8) is 0 Å². The van der Waals surface area contributed by atoms with Crippen LogP contribution in [0.3, 0.4) is 0 Å². The third-order valence-corrected chi connectivity index (χ3v) is 2.12. The van der Waals surface area contributed by atoms with Crippen molar-refractivity contribution in [2.45, 2.75) is 0 Å². The van der Waals surface area contributed by atoms with Gasteiger partial charge in [-0.25, -0.2) is 4.39 Å². The van der Waals surface area contributed by atoms with Crippen LogP contribution in [0, 0.1) is 17.1 Å². The second kappa shape index (κ2) is 4.01. The van der Waals surface area contributed by atoms with Crippen molar-refractivity contribution in [1.29, 1.82) is 5.26 Å². The van der Waals surface area contributed by atoms with Crippen LogP contribution in [0.15, 0.2) is 16.6 Å². The van der Waals surface area contributed by atoms with Crippen molar-refractivity contribution >= 4 is 22.4 Å². The molecule has 0 aliphatic heterocycles. The van der Waals surface area contributed by atoms with Crippen LogP contribution < -0.4 is 4.74 Å². The van der Waals surface area contributed by atoms with Gasteiger partial charge in [0, 0.05) is 0 Å². The Hall–Kier alpha value is -1.41. The summed E-state index contributed by atoms with van der Waals surface area (Å²) in [6.45, 7) is 0.102. The first-order valence-electron chi connectivity index (χ1n) is 3.19. The molecule has 0 unspecified atom stereocenters. The zero-order chi connectivity index (χ0) is 9.84. The summed E-state index contributed by atoms with van der Waals surface area (Å²) in [5, 5.41) is 8.56. The molecule has 1 rings (SSSR count). The minimum atomic E-state index is -0.696. The van der Waals surface area contributed by atoms with E-state index in [1.807, 2.05) is 6.07 Å². The SMILES string of the molecule is N#Cc1ccc(F)c(OC=O)c1Br. The monoisotopic (exact) mass is 243 g/mol. The van der Waals surface area contributed by atoms with Crippen molar-refractivity contribution in [3.05, 3.63) is 28.0 Å². The number of carbonyl (C=O) groups is 1. The van der Waals surface area contributed by atoms with Gasteiger partial charge in [-0.1, -0.05) is 0 Å². The standard InChI is InChI=1S/C8H3BrFNO2/c9-7-5(3-11)1-2-6(10)8(7)13-4-12/h1-2,4H. The highest BCUT2D eigenvalue weighted by molar-refractivity contribution is 9.10. The molecule has 0 N–H and O–H groups in total. The molecule has 0 aromatic heterocycles. The van der Waals surface area contributed by atoms with Crippen LogP contribution in [-0.2, 0) is 4.79 Å². The Kier molecular flexibility index (Phi) is 2.98. The summed E-state index contributed by atoms with van der Waals surface area (Å²) in [5.41, 5.74) is 0.207. The van der Waals surface area contributed by atoms with Crippen molar-refractivity contribution < 1.29 is 13.9 Å². The van der Waals surface area contributed by atoms with Gasteiger partial charge in [-0.05, 0) is 28.1 Å². The highest BCUT2D eigenvalue weighted by Gasteiger charge is 2.12. The average molecular weight is 244 g/mol. The summed E-state index contributed by atoms with van der Waals surface area (Å²) in [7, 11) is 0. The molecule has 0 bridgehead atoms. The predicted octanol–water partition coefficient (Wildman–Crippen LogP) is 2.00. The maximum absolute atomic E-state index is 12.9. The van der Waals surface area contributed by atoms with Gasteiger partial charge in [-0.3, -0.25) is 4.79 Å². The summed E-state index contributed by atoms with van der Waals surface area (Å²) < 4.78 is 17.4. The zero-order valence-corrected chi connectivity index (χ0v) is 7.84. The number of nitrogens with zero attached hydrogens (tertiary/aromatic N) is 1. The number of benzene rings is 1. The fraction of sp³-hybridized carbons (Fsp3) is 0. The first-order chi connectivity index (χ1) is 6.20. The molecule has 0 atom stereocenters. The van der Waals surface area contributed by atoms with Crippen molar-refractivity contribution in [2.75, 3.05) is 0 Å². The van der Waals surface area contributed by atoms with Gasteiger partial charge >= 0.3 is 0 Å². The number of rotatable bonds is 2. The molecule has 1 aromatic rings. The Bertz CT molecular complexity index is 386. The lowest BCUT2D eigenvalue weighted by Gasteiger charge is -2.03. The van der Waals surface area contributed by atoms with Gasteiger partial charge in [0.15, 0.2) is 11.6 Å². The molecule has 13 heavy (non-hydrogen) atoms. The minimum Gasteiger partial charge on any atom is -0.424 e. The molecule has 0 fully saturated rings. The van der Waals surface area contributed by atoms with Crippen molar-refractivity contribution in [2.24, 2.45) is 0 Å². The fourth-order valence-electron chi connectivity index (χ4n) is 0.775. The van der Waals surface area contributed by atoms with Gasteiger partial charge in [-0.2, -0.15) is 5.26 Å². The van der Waals surface area contributed by atoms with E-state index >= 15 is 0 Å². The highest BCUT2D eigenvalue weighted by Crippen LogP contribution is 2.30. The molecule has 0 aliphatic rings. The Labute approximate surface area is 81.9 Å². The molecule has 0 amide bonds. The fourth-order valence-corrected chi connectivity index (χ4v) is 1.28. The molecule has 0 saturated heterocycles. The second-order valence-electron chi connectivity index (χ2n) is 2.06. The van der Waals surface area contributed by atoms with E-state index in [4.69, 9.17) is 5.26 Å². The molecule has 3 nitrogen and oxygen atoms in total. The lowest BCUT2D eigenvalue weighted by Crippen LogP contribution is -1.95. The largest absolute Gasteiger partial charge is 0.424 e. The summed E-state index contributed by atoms with van der Waals surface area (Å²) in [6.07, 6.45) is 0. The predicted molar refractivity (Wildman–Crippen MR) is 45.5 cm³/mol. The number of halogens is 2. The smallest absolute Gasteiger partial charge is 0.298 e. The number of hydrogen-bond donors (Lipinski definition) is 0. The second-order valence-corrected chi connectivity index (χ2v) is 2.86. The van der Waals surface area contributed by atoms with Crippen LogP contribution in [0.4, 0.5) is 4.39 Å². The first-order valence-corrected chi connectivity index (χ1v) is 3.98. The van der Waals surface area contributed by atoms with E-state index in [1.165, 1.54) is 6.07 Å². The van der Waals surface area contributed by atoms with Gasteiger partial charge in [0.2, 0.25) is 0 Å². The molecule has 66 valence electrons. The van der Waals surface area contributed by atoms with E-state index in [0.717, 1.165) is 6.07 Å².